The Bertz CT molecular complexity index is 202. The SMILES string of the molecule is CCNC(=O)C1CC(OC(C)(C)C)C1. The molecule has 0 aliphatic heterocycles. The Morgan fingerprint density at radius 3 is 2.43 bits per heavy atom. The molecular formula is C11H21NO2. The molecule has 0 unspecified atom stereocenters. The molecule has 3 nitrogen and oxygen atoms in total. The van der Waals surface area contributed by atoms with Crippen LogP contribution in [-0.4, -0.2) is 24.2 Å². The third kappa shape index (κ3) is 3.29. The van der Waals surface area contributed by atoms with Gasteiger partial charge in [0.2, 0.25) is 5.91 Å². The van der Waals surface area contributed by atoms with Gasteiger partial charge in [0.25, 0.3) is 0 Å². The molecule has 0 aromatic carbocycles. The Balaban J connectivity index is 2.20. The Morgan fingerprint density at radius 2 is 2.00 bits per heavy atom. The lowest BCUT2D eigenvalue weighted by Crippen LogP contribution is -2.44. The second-order valence-corrected chi connectivity index (χ2v) is 4.92. The first-order valence-electron chi connectivity index (χ1n) is 5.38. The van der Waals surface area contributed by atoms with E-state index >= 15 is 0 Å². The molecule has 1 aliphatic carbocycles. The van der Waals surface area contributed by atoms with Gasteiger partial charge in [-0.3, -0.25) is 4.79 Å². The first kappa shape index (κ1) is 11.5. The zero-order valence-electron chi connectivity index (χ0n) is 9.59. The largest absolute Gasteiger partial charge is 0.373 e. The van der Waals surface area contributed by atoms with Gasteiger partial charge in [0.1, 0.15) is 0 Å². The van der Waals surface area contributed by atoms with Crippen molar-refractivity contribution >= 4 is 5.91 Å². The van der Waals surface area contributed by atoms with Gasteiger partial charge >= 0.3 is 0 Å². The van der Waals surface area contributed by atoms with Gasteiger partial charge in [0, 0.05) is 12.5 Å². The standard InChI is InChI=1S/C11H21NO2/c1-5-12-10(13)8-6-9(7-8)14-11(2,3)4/h8-9H,5-7H2,1-4H3,(H,12,13). The topological polar surface area (TPSA) is 38.3 Å². The third-order valence-electron chi connectivity index (χ3n) is 2.34. The van der Waals surface area contributed by atoms with Gasteiger partial charge in [-0.1, -0.05) is 0 Å². The van der Waals surface area contributed by atoms with Crippen LogP contribution in [0.15, 0.2) is 0 Å². The van der Waals surface area contributed by atoms with E-state index in [0.717, 1.165) is 19.4 Å². The molecule has 0 saturated heterocycles. The number of rotatable bonds is 3. The first-order chi connectivity index (χ1) is 6.42. The highest BCUT2D eigenvalue weighted by Crippen LogP contribution is 2.32. The van der Waals surface area contributed by atoms with Gasteiger partial charge in [-0.25, -0.2) is 0 Å². The van der Waals surface area contributed by atoms with Crippen molar-refractivity contribution in [1.82, 2.24) is 5.32 Å². The lowest BCUT2D eigenvalue weighted by atomic mass is 9.81. The van der Waals surface area contributed by atoms with E-state index in [4.69, 9.17) is 4.74 Å². The predicted octanol–water partition coefficient (Wildman–Crippen LogP) is 1.72. The number of ether oxygens (including phenoxy) is 1. The summed E-state index contributed by atoms with van der Waals surface area (Å²) in [5.41, 5.74) is -0.0864. The summed E-state index contributed by atoms with van der Waals surface area (Å²) in [5.74, 6) is 0.364. The third-order valence-corrected chi connectivity index (χ3v) is 2.34. The minimum atomic E-state index is -0.0864. The van der Waals surface area contributed by atoms with Gasteiger partial charge < -0.3 is 10.1 Å². The van der Waals surface area contributed by atoms with Crippen LogP contribution in [0.25, 0.3) is 0 Å². The van der Waals surface area contributed by atoms with Crippen LogP contribution in [0.1, 0.15) is 40.5 Å². The van der Waals surface area contributed by atoms with Crippen LogP contribution in [0.4, 0.5) is 0 Å². The number of amides is 1. The van der Waals surface area contributed by atoms with E-state index in [1.807, 2.05) is 27.7 Å². The molecule has 1 N–H and O–H groups in total. The van der Waals surface area contributed by atoms with Crippen molar-refractivity contribution < 1.29 is 9.53 Å². The van der Waals surface area contributed by atoms with Crippen molar-refractivity contribution in [2.45, 2.75) is 52.2 Å². The molecule has 1 aliphatic rings. The second-order valence-electron chi connectivity index (χ2n) is 4.92. The normalized spacial score (nSPS) is 26.9. The fourth-order valence-electron chi connectivity index (χ4n) is 1.69. The van der Waals surface area contributed by atoms with Gasteiger partial charge in [-0.05, 0) is 40.5 Å². The average Bonchev–Trinajstić information content (AvgIpc) is 1.94. The molecule has 14 heavy (non-hydrogen) atoms. The summed E-state index contributed by atoms with van der Waals surface area (Å²) in [6.07, 6.45) is 2.04. The van der Waals surface area contributed by atoms with Gasteiger partial charge in [0.05, 0.1) is 11.7 Å². The minimum Gasteiger partial charge on any atom is -0.373 e. The van der Waals surface area contributed by atoms with Crippen molar-refractivity contribution in [3.05, 3.63) is 0 Å². The summed E-state index contributed by atoms with van der Waals surface area (Å²) in [7, 11) is 0. The van der Waals surface area contributed by atoms with Gasteiger partial charge in [0.15, 0.2) is 0 Å². The minimum absolute atomic E-state index is 0.0864. The molecule has 82 valence electrons. The molecule has 0 aromatic rings. The molecule has 0 atom stereocenters. The zero-order valence-corrected chi connectivity index (χ0v) is 9.59. The monoisotopic (exact) mass is 199 g/mol. The van der Waals surface area contributed by atoms with E-state index < -0.39 is 0 Å². The van der Waals surface area contributed by atoms with Crippen LogP contribution in [0, 0.1) is 5.92 Å². The number of carbonyl (C=O) groups is 1. The molecule has 0 aromatic heterocycles. The first-order valence-corrected chi connectivity index (χ1v) is 5.38. The molecule has 0 bridgehead atoms. The van der Waals surface area contributed by atoms with Crippen LogP contribution >= 0.6 is 0 Å². The fourth-order valence-corrected chi connectivity index (χ4v) is 1.69. The maximum Gasteiger partial charge on any atom is 0.223 e. The van der Waals surface area contributed by atoms with E-state index in [1.54, 1.807) is 0 Å². The number of carbonyl (C=O) groups excluding carboxylic acids is 1. The maximum atomic E-state index is 11.4. The highest BCUT2D eigenvalue weighted by Gasteiger charge is 2.36. The Morgan fingerprint density at radius 1 is 1.43 bits per heavy atom. The summed E-state index contributed by atoms with van der Waals surface area (Å²) in [4.78, 5) is 11.4. The molecule has 1 fully saturated rings. The second kappa shape index (κ2) is 4.30. The highest BCUT2D eigenvalue weighted by molar-refractivity contribution is 5.79. The summed E-state index contributed by atoms with van der Waals surface area (Å²) < 4.78 is 5.75. The predicted molar refractivity (Wildman–Crippen MR) is 56.0 cm³/mol. The maximum absolute atomic E-state index is 11.4. The molecule has 1 amide bonds. The lowest BCUT2D eigenvalue weighted by Gasteiger charge is -2.38. The van der Waals surface area contributed by atoms with Crippen molar-refractivity contribution in [2.24, 2.45) is 5.92 Å². The van der Waals surface area contributed by atoms with Crippen molar-refractivity contribution in [2.75, 3.05) is 6.54 Å². The van der Waals surface area contributed by atoms with Crippen molar-refractivity contribution in [1.29, 1.82) is 0 Å². The van der Waals surface area contributed by atoms with Crippen LogP contribution in [0.5, 0.6) is 0 Å². The van der Waals surface area contributed by atoms with Crippen molar-refractivity contribution in [3.63, 3.8) is 0 Å². The van der Waals surface area contributed by atoms with E-state index in [2.05, 4.69) is 5.32 Å². The highest BCUT2D eigenvalue weighted by atomic mass is 16.5. The summed E-state index contributed by atoms with van der Waals surface area (Å²) >= 11 is 0. The lowest BCUT2D eigenvalue weighted by molar-refractivity contribution is -0.144. The molecule has 0 radical (unpaired) electrons. The Hall–Kier alpha value is -0.570. The van der Waals surface area contributed by atoms with Gasteiger partial charge in [-0.2, -0.15) is 0 Å². The molecule has 1 rings (SSSR count). The average molecular weight is 199 g/mol. The van der Waals surface area contributed by atoms with Crippen LogP contribution in [0.3, 0.4) is 0 Å². The molecular weight excluding hydrogens is 178 g/mol. The quantitative estimate of drug-likeness (QED) is 0.751. The summed E-state index contributed by atoms with van der Waals surface area (Å²) in [6, 6.07) is 0. The fraction of sp³-hybridized carbons (Fsp3) is 0.909. The van der Waals surface area contributed by atoms with Crippen LogP contribution in [-0.2, 0) is 9.53 Å². The summed E-state index contributed by atoms with van der Waals surface area (Å²) in [6.45, 7) is 8.81. The van der Waals surface area contributed by atoms with E-state index in [9.17, 15) is 4.79 Å². The van der Waals surface area contributed by atoms with Crippen LogP contribution < -0.4 is 5.32 Å². The smallest absolute Gasteiger partial charge is 0.223 e. The zero-order chi connectivity index (χ0) is 10.8. The van der Waals surface area contributed by atoms with E-state index in [1.165, 1.54) is 0 Å². The molecule has 3 heteroatoms. The van der Waals surface area contributed by atoms with E-state index in [-0.39, 0.29) is 23.5 Å². The molecule has 1 saturated carbocycles. The Labute approximate surface area is 86.2 Å². The number of hydrogen-bond donors (Lipinski definition) is 1. The number of hydrogen-bond acceptors (Lipinski definition) is 2. The molecule has 0 heterocycles. The summed E-state index contributed by atoms with van der Waals surface area (Å²) in [5, 5.41) is 2.84. The van der Waals surface area contributed by atoms with Gasteiger partial charge in [-0.15, -0.1) is 0 Å². The van der Waals surface area contributed by atoms with E-state index in [0.29, 0.717) is 0 Å². The van der Waals surface area contributed by atoms with Crippen molar-refractivity contribution in [3.8, 4) is 0 Å². The van der Waals surface area contributed by atoms with Crippen LogP contribution in [0.2, 0.25) is 0 Å². The number of nitrogens with one attached hydrogen (secondary N) is 1. The Kier molecular flexibility index (Phi) is 3.53. The molecule has 0 spiro atoms.